The van der Waals surface area contributed by atoms with Crippen molar-refractivity contribution in [3.05, 3.63) is 148 Å². The van der Waals surface area contributed by atoms with E-state index < -0.39 is 0 Å². The van der Waals surface area contributed by atoms with E-state index in [2.05, 4.69) is 122 Å². The predicted molar refractivity (Wildman–Crippen MR) is 187 cm³/mol. The van der Waals surface area contributed by atoms with Gasteiger partial charge in [0, 0.05) is 27.8 Å². The number of fused-ring (bicyclic) bond motifs is 4. The fourth-order valence-corrected chi connectivity index (χ4v) is 6.63. The van der Waals surface area contributed by atoms with Gasteiger partial charge in [0.15, 0.2) is 0 Å². The molecule has 0 unspecified atom stereocenters. The first kappa shape index (κ1) is 28.1. The molecule has 45 heavy (non-hydrogen) atoms. The van der Waals surface area contributed by atoms with E-state index in [0.29, 0.717) is 11.1 Å². The number of hydrogen-bond acceptors (Lipinski definition) is 3. The molecular weight excluding hydrogens is 546 g/mol. The van der Waals surface area contributed by atoms with Crippen LogP contribution in [0.1, 0.15) is 57.3 Å². The van der Waals surface area contributed by atoms with Crippen LogP contribution in [0.5, 0.6) is 0 Å². The first-order chi connectivity index (χ1) is 22.0. The highest BCUT2D eigenvalue weighted by Crippen LogP contribution is 2.38. The highest BCUT2D eigenvalue weighted by atomic mass is 15.1. The molecule has 6 aromatic carbocycles. The summed E-state index contributed by atoms with van der Waals surface area (Å²) in [5, 5.41) is 23.4. The summed E-state index contributed by atoms with van der Waals surface area (Å²) >= 11 is 0. The Hall–Kier alpha value is -5.64. The van der Waals surface area contributed by atoms with Gasteiger partial charge in [-0.2, -0.15) is 10.5 Å². The minimum Gasteiger partial charge on any atom is -0.310 e. The first-order valence-electron chi connectivity index (χ1n) is 15.6. The van der Waals surface area contributed by atoms with Crippen LogP contribution in [0.2, 0.25) is 0 Å². The standard InChI is InChI=1S/C42H33N3/c1-28-7-16-34(17-8-28)45(36-20-15-32-5-3-4-6-33(32)25-36)35-18-12-30(13-19-35)10-11-31-14-22-38-40(24-31)39-23-29(2)9-21-37(39)41(26-43)42(38)27-44/h7-25H,3-6H2,1-2H3. The average Bonchev–Trinajstić information content (AvgIpc) is 3.08. The number of nitriles is 2. The van der Waals surface area contributed by atoms with Crippen molar-refractivity contribution in [2.75, 3.05) is 4.90 Å². The molecule has 0 heterocycles. The van der Waals surface area contributed by atoms with Gasteiger partial charge in [0.05, 0.1) is 11.1 Å². The molecule has 0 saturated carbocycles. The number of anilines is 3. The molecular formula is C42H33N3. The van der Waals surface area contributed by atoms with Crippen molar-refractivity contribution in [1.29, 1.82) is 10.5 Å². The van der Waals surface area contributed by atoms with Crippen LogP contribution in [0.3, 0.4) is 0 Å². The van der Waals surface area contributed by atoms with Gasteiger partial charge < -0.3 is 4.90 Å². The SMILES string of the molecule is Cc1ccc(N(c2ccc(C=Cc3ccc4c(C#N)c(C#N)c5ccc(C)cc5c4c3)cc2)c2ccc3c(c2)CCCC3)cc1. The van der Waals surface area contributed by atoms with Crippen molar-refractivity contribution in [3.63, 3.8) is 0 Å². The molecule has 0 amide bonds. The van der Waals surface area contributed by atoms with Crippen molar-refractivity contribution >= 4 is 50.8 Å². The zero-order valence-corrected chi connectivity index (χ0v) is 25.6. The second-order valence-corrected chi connectivity index (χ2v) is 12.1. The van der Waals surface area contributed by atoms with Crippen LogP contribution in [0.25, 0.3) is 33.7 Å². The van der Waals surface area contributed by atoms with Gasteiger partial charge >= 0.3 is 0 Å². The fourth-order valence-electron chi connectivity index (χ4n) is 6.63. The molecule has 0 saturated heterocycles. The third-order valence-corrected chi connectivity index (χ3v) is 9.02. The Morgan fingerprint density at radius 3 is 1.73 bits per heavy atom. The van der Waals surface area contributed by atoms with E-state index in [1.54, 1.807) is 0 Å². The van der Waals surface area contributed by atoms with Gasteiger partial charge in [-0.15, -0.1) is 0 Å². The number of hydrogen-bond donors (Lipinski definition) is 0. The van der Waals surface area contributed by atoms with Crippen LogP contribution in [0.4, 0.5) is 17.1 Å². The van der Waals surface area contributed by atoms with E-state index in [-0.39, 0.29) is 0 Å². The zero-order valence-electron chi connectivity index (χ0n) is 25.6. The van der Waals surface area contributed by atoms with Crippen LogP contribution >= 0.6 is 0 Å². The molecule has 0 atom stereocenters. The Balaban J connectivity index is 1.24. The molecule has 6 aromatic rings. The van der Waals surface area contributed by atoms with E-state index in [1.165, 1.54) is 41.6 Å². The molecule has 1 aliphatic rings. The van der Waals surface area contributed by atoms with Gasteiger partial charge in [-0.1, -0.05) is 83.9 Å². The summed E-state index contributed by atoms with van der Waals surface area (Å²) in [7, 11) is 0. The molecule has 0 spiro atoms. The molecule has 0 aromatic heterocycles. The monoisotopic (exact) mass is 579 g/mol. The number of rotatable bonds is 5. The van der Waals surface area contributed by atoms with Crippen molar-refractivity contribution in [3.8, 4) is 12.1 Å². The lowest BCUT2D eigenvalue weighted by atomic mass is 9.91. The Kier molecular flexibility index (Phi) is 7.38. The number of nitrogens with zero attached hydrogens (tertiary/aromatic N) is 3. The predicted octanol–water partition coefficient (Wildman–Crippen LogP) is 10.9. The topological polar surface area (TPSA) is 50.8 Å². The Labute approximate surface area is 264 Å². The summed E-state index contributed by atoms with van der Waals surface area (Å²) in [4.78, 5) is 2.35. The summed E-state index contributed by atoms with van der Waals surface area (Å²) in [5.74, 6) is 0. The largest absolute Gasteiger partial charge is 0.310 e. The van der Waals surface area contributed by atoms with Crippen molar-refractivity contribution in [2.45, 2.75) is 39.5 Å². The third kappa shape index (κ3) is 5.35. The Bertz CT molecular complexity index is 2190. The third-order valence-electron chi connectivity index (χ3n) is 9.02. The van der Waals surface area contributed by atoms with Crippen molar-refractivity contribution in [2.24, 2.45) is 0 Å². The molecule has 7 rings (SSSR count). The highest BCUT2D eigenvalue weighted by Gasteiger charge is 2.17. The van der Waals surface area contributed by atoms with Crippen LogP contribution in [-0.2, 0) is 12.8 Å². The molecule has 216 valence electrons. The lowest BCUT2D eigenvalue weighted by Crippen LogP contribution is -2.12. The number of aryl methyl sites for hydroxylation is 4. The summed E-state index contributed by atoms with van der Waals surface area (Å²) in [5.41, 5.74) is 11.8. The number of benzene rings is 6. The smallest absolute Gasteiger partial charge is 0.101 e. The first-order valence-corrected chi connectivity index (χ1v) is 15.6. The summed E-state index contributed by atoms with van der Waals surface area (Å²) in [6.45, 7) is 4.17. The average molecular weight is 580 g/mol. The van der Waals surface area contributed by atoms with Crippen molar-refractivity contribution in [1.82, 2.24) is 0 Å². The van der Waals surface area contributed by atoms with Gasteiger partial charge in [-0.05, 0) is 115 Å². The van der Waals surface area contributed by atoms with Crippen LogP contribution < -0.4 is 4.90 Å². The normalized spacial score (nSPS) is 12.6. The minimum absolute atomic E-state index is 0.437. The second-order valence-electron chi connectivity index (χ2n) is 12.1. The maximum Gasteiger partial charge on any atom is 0.101 e. The molecule has 0 fully saturated rings. The molecule has 0 N–H and O–H groups in total. The van der Waals surface area contributed by atoms with Gasteiger partial charge in [-0.25, -0.2) is 0 Å². The Morgan fingerprint density at radius 2 is 1.04 bits per heavy atom. The maximum absolute atomic E-state index is 9.94. The van der Waals surface area contributed by atoms with E-state index >= 15 is 0 Å². The van der Waals surface area contributed by atoms with Gasteiger partial charge in [0.25, 0.3) is 0 Å². The molecule has 0 radical (unpaired) electrons. The maximum atomic E-state index is 9.94. The molecule has 1 aliphatic carbocycles. The summed E-state index contributed by atoms with van der Waals surface area (Å²) in [6.07, 6.45) is 9.10. The highest BCUT2D eigenvalue weighted by molar-refractivity contribution is 6.13. The van der Waals surface area contributed by atoms with Crippen LogP contribution in [0.15, 0.2) is 103 Å². The lowest BCUT2D eigenvalue weighted by Gasteiger charge is -2.27. The molecule has 3 heteroatoms. The minimum atomic E-state index is 0.437. The van der Waals surface area contributed by atoms with Crippen LogP contribution in [0, 0.1) is 36.5 Å². The quantitative estimate of drug-likeness (QED) is 0.151. The van der Waals surface area contributed by atoms with E-state index in [0.717, 1.165) is 56.0 Å². The Morgan fingerprint density at radius 1 is 0.511 bits per heavy atom. The van der Waals surface area contributed by atoms with E-state index in [9.17, 15) is 10.5 Å². The molecule has 3 nitrogen and oxygen atoms in total. The molecule has 0 bridgehead atoms. The molecule has 0 aliphatic heterocycles. The van der Waals surface area contributed by atoms with Gasteiger partial charge in [0.2, 0.25) is 0 Å². The van der Waals surface area contributed by atoms with Crippen molar-refractivity contribution < 1.29 is 0 Å². The van der Waals surface area contributed by atoms with Crippen LogP contribution in [-0.4, -0.2) is 0 Å². The fraction of sp³-hybridized carbons (Fsp3) is 0.143. The van der Waals surface area contributed by atoms with Gasteiger partial charge in [-0.3, -0.25) is 0 Å². The zero-order chi connectivity index (χ0) is 30.9. The summed E-state index contributed by atoms with van der Waals surface area (Å²) in [6, 6.07) is 41.1. The second kappa shape index (κ2) is 11.8. The van der Waals surface area contributed by atoms with E-state index in [1.807, 2.05) is 24.3 Å². The lowest BCUT2D eigenvalue weighted by molar-refractivity contribution is 0.685. The van der Waals surface area contributed by atoms with Gasteiger partial charge in [0.1, 0.15) is 12.1 Å². The summed E-state index contributed by atoms with van der Waals surface area (Å²) < 4.78 is 0. The van der Waals surface area contributed by atoms with E-state index in [4.69, 9.17) is 0 Å².